The predicted molar refractivity (Wildman–Crippen MR) is 68.9 cm³/mol. The van der Waals surface area contributed by atoms with Gasteiger partial charge in [-0.2, -0.15) is 5.01 Å². The molecular formula is C5H8N6S4. The second-order valence-corrected chi connectivity index (χ2v) is 6.09. The zero-order chi connectivity index (χ0) is 10.8. The van der Waals surface area contributed by atoms with Crippen molar-refractivity contribution in [2.75, 3.05) is 12.0 Å². The number of thiocarbonyl (C=S) groups is 1. The Kier molecular flexibility index (Phi) is 3.53. The van der Waals surface area contributed by atoms with Gasteiger partial charge in [0.05, 0.1) is 6.67 Å². The molecule has 1 aliphatic heterocycles. The van der Waals surface area contributed by atoms with Gasteiger partial charge < -0.3 is 16.5 Å². The molecule has 6 nitrogen and oxygen atoms in total. The van der Waals surface area contributed by atoms with Crippen molar-refractivity contribution in [3.63, 3.8) is 0 Å². The molecule has 1 fully saturated rings. The third kappa shape index (κ3) is 2.86. The SMILES string of the molecule is NC1SC(=S)NN1CNc1n[nH]c(=S)s1. The van der Waals surface area contributed by atoms with Crippen LogP contribution in [0.4, 0.5) is 5.13 Å². The lowest BCUT2D eigenvalue weighted by Gasteiger charge is -2.18. The fourth-order valence-corrected chi connectivity index (χ4v) is 2.80. The minimum atomic E-state index is -0.170. The first-order valence-corrected chi connectivity index (χ1v) is 6.45. The maximum Gasteiger partial charge on any atom is 0.205 e. The van der Waals surface area contributed by atoms with Gasteiger partial charge in [0.2, 0.25) is 5.13 Å². The molecule has 0 radical (unpaired) electrons. The smallest absolute Gasteiger partial charge is 0.205 e. The molecule has 1 aromatic rings. The molecule has 5 N–H and O–H groups in total. The summed E-state index contributed by atoms with van der Waals surface area (Å²) in [6.07, 6.45) is 0. The van der Waals surface area contributed by atoms with Crippen LogP contribution in [-0.2, 0) is 0 Å². The molecule has 0 saturated carbocycles. The highest BCUT2D eigenvalue weighted by atomic mass is 32.2. The fraction of sp³-hybridized carbons (Fsp3) is 0.400. The van der Waals surface area contributed by atoms with Gasteiger partial charge in [0, 0.05) is 0 Å². The van der Waals surface area contributed by atoms with Crippen LogP contribution in [0.15, 0.2) is 0 Å². The number of hydrogen-bond acceptors (Lipinski definition) is 8. The topological polar surface area (TPSA) is 82.0 Å². The number of thioether (sulfide) groups is 1. The van der Waals surface area contributed by atoms with Crippen molar-refractivity contribution in [3.8, 4) is 0 Å². The number of hydrazine groups is 1. The molecule has 1 aromatic heterocycles. The van der Waals surface area contributed by atoms with Gasteiger partial charge in [-0.05, 0) is 12.2 Å². The number of nitrogens with zero attached hydrogens (tertiary/aromatic N) is 2. The van der Waals surface area contributed by atoms with E-state index in [9.17, 15) is 0 Å². The molecule has 0 aliphatic carbocycles. The van der Waals surface area contributed by atoms with Crippen LogP contribution in [0, 0.1) is 3.95 Å². The number of H-pyrrole nitrogens is 1. The summed E-state index contributed by atoms with van der Waals surface area (Å²) in [6, 6.07) is 0. The predicted octanol–water partition coefficient (Wildman–Crippen LogP) is 0.651. The van der Waals surface area contributed by atoms with Gasteiger partial charge in [-0.15, -0.1) is 5.10 Å². The molecule has 0 amide bonds. The van der Waals surface area contributed by atoms with Crippen molar-refractivity contribution < 1.29 is 0 Å². The zero-order valence-electron chi connectivity index (χ0n) is 7.39. The molecule has 15 heavy (non-hydrogen) atoms. The van der Waals surface area contributed by atoms with E-state index in [-0.39, 0.29) is 5.50 Å². The zero-order valence-corrected chi connectivity index (χ0v) is 10.7. The summed E-state index contributed by atoms with van der Waals surface area (Å²) in [5, 5.41) is 12.2. The van der Waals surface area contributed by atoms with E-state index in [1.165, 1.54) is 23.1 Å². The van der Waals surface area contributed by atoms with Crippen LogP contribution in [0.2, 0.25) is 0 Å². The first-order chi connectivity index (χ1) is 7.15. The maximum absolute atomic E-state index is 5.79. The minimum absolute atomic E-state index is 0.170. The fourth-order valence-electron chi connectivity index (χ4n) is 0.968. The van der Waals surface area contributed by atoms with E-state index in [1.807, 2.05) is 0 Å². The van der Waals surface area contributed by atoms with Crippen LogP contribution in [0.1, 0.15) is 0 Å². The lowest BCUT2D eigenvalue weighted by atomic mass is 10.9. The van der Waals surface area contributed by atoms with Crippen molar-refractivity contribution >= 4 is 57.0 Å². The molecule has 0 bridgehead atoms. The summed E-state index contributed by atoms with van der Waals surface area (Å²) >= 11 is 12.7. The Morgan fingerprint density at radius 3 is 2.93 bits per heavy atom. The molecular weight excluding hydrogens is 272 g/mol. The average molecular weight is 280 g/mol. The van der Waals surface area contributed by atoms with E-state index in [1.54, 1.807) is 5.01 Å². The average Bonchev–Trinajstić information content (AvgIpc) is 2.70. The normalized spacial score (nSPS) is 21.7. The van der Waals surface area contributed by atoms with Gasteiger partial charge in [-0.1, -0.05) is 35.3 Å². The van der Waals surface area contributed by atoms with Crippen molar-refractivity contribution in [2.24, 2.45) is 5.73 Å². The molecule has 1 unspecified atom stereocenters. The number of anilines is 1. The third-order valence-corrected chi connectivity index (χ3v) is 3.84. The van der Waals surface area contributed by atoms with Crippen LogP contribution in [-0.4, -0.2) is 31.7 Å². The number of nitrogens with two attached hydrogens (primary N) is 1. The Labute approximate surface area is 105 Å². The van der Waals surface area contributed by atoms with Gasteiger partial charge in [0.25, 0.3) is 0 Å². The van der Waals surface area contributed by atoms with E-state index in [0.29, 0.717) is 14.9 Å². The summed E-state index contributed by atoms with van der Waals surface area (Å²) < 4.78 is 1.32. The van der Waals surface area contributed by atoms with E-state index in [2.05, 4.69) is 20.9 Å². The second kappa shape index (κ2) is 4.72. The van der Waals surface area contributed by atoms with E-state index < -0.39 is 0 Å². The van der Waals surface area contributed by atoms with Crippen molar-refractivity contribution in [3.05, 3.63) is 3.95 Å². The Hall–Kier alpha value is -0.260. The van der Waals surface area contributed by atoms with Crippen molar-refractivity contribution in [1.82, 2.24) is 20.6 Å². The highest BCUT2D eigenvalue weighted by Gasteiger charge is 2.24. The number of hydrogen-bond donors (Lipinski definition) is 4. The van der Waals surface area contributed by atoms with Crippen LogP contribution in [0.3, 0.4) is 0 Å². The van der Waals surface area contributed by atoms with E-state index in [4.69, 9.17) is 30.2 Å². The molecule has 1 saturated heterocycles. The molecule has 2 rings (SSSR count). The van der Waals surface area contributed by atoms with Crippen molar-refractivity contribution in [1.29, 1.82) is 0 Å². The highest BCUT2D eigenvalue weighted by Crippen LogP contribution is 2.18. The number of aromatic amines is 1. The summed E-state index contributed by atoms with van der Waals surface area (Å²) in [6.45, 7) is 0.518. The Balaban J connectivity index is 1.88. The third-order valence-electron chi connectivity index (χ3n) is 1.61. The Bertz CT molecular complexity index is 412. The highest BCUT2D eigenvalue weighted by molar-refractivity contribution is 8.23. The second-order valence-electron chi connectivity index (χ2n) is 2.63. The first-order valence-electron chi connectivity index (χ1n) is 3.94. The standard InChI is InChI=1S/C5H8N6S4/c6-2-11(10-5(13)14-2)1-7-3-8-9-4(12)15-3/h2H,1,6H2,(H,7,8)(H,9,12)(H,10,13). The molecule has 82 valence electrons. The molecule has 0 aromatic carbocycles. The van der Waals surface area contributed by atoms with Crippen LogP contribution < -0.4 is 16.5 Å². The minimum Gasteiger partial charge on any atom is -0.346 e. The monoisotopic (exact) mass is 280 g/mol. The Morgan fingerprint density at radius 2 is 2.40 bits per heavy atom. The first kappa shape index (κ1) is 11.2. The molecule has 2 heterocycles. The van der Waals surface area contributed by atoms with Crippen LogP contribution in [0.25, 0.3) is 0 Å². The van der Waals surface area contributed by atoms with Crippen LogP contribution in [0.5, 0.6) is 0 Å². The van der Waals surface area contributed by atoms with E-state index in [0.717, 1.165) is 5.13 Å². The quantitative estimate of drug-likeness (QED) is 0.601. The van der Waals surface area contributed by atoms with Gasteiger partial charge in [0.1, 0.15) is 5.50 Å². The summed E-state index contributed by atoms with van der Waals surface area (Å²) in [7, 11) is 0. The number of nitrogens with one attached hydrogen (secondary N) is 3. The summed E-state index contributed by atoms with van der Waals surface area (Å²) in [5.74, 6) is 0. The van der Waals surface area contributed by atoms with E-state index >= 15 is 0 Å². The Morgan fingerprint density at radius 1 is 1.60 bits per heavy atom. The van der Waals surface area contributed by atoms with Crippen molar-refractivity contribution in [2.45, 2.75) is 5.50 Å². The maximum atomic E-state index is 5.79. The lowest BCUT2D eigenvalue weighted by molar-refractivity contribution is 0.251. The largest absolute Gasteiger partial charge is 0.346 e. The van der Waals surface area contributed by atoms with Gasteiger partial charge >= 0.3 is 0 Å². The summed E-state index contributed by atoms with van der Waals surface area (Å²) in [4.78, 5) is 0. The molecule has 1 atom stereocenters. The number of aromatic nitrogens is 2. The lowest BCUT2D eigenvalue weighted by Crippen LogP contribution is -2.44. The van der Waals surface area contributed by atoms with Gasteiger partial charge in [-0.3, -0.25) is 5.10 Å². The van der Waals surface area contributed by atoms with Crippen LogP contribution >= 0.6 is 47.5 Å². The number of rotatable bonds is 3. The summed E-state index contributed by atoms with van der Waals surface area (Å²) in [5.41, 5.74) is 8.58. The molecule has 10 heteroatoms. The van der Waals surface area contributed by atoms with Gasteiger partial charge in [0.15, 0.2) is 8.27 Å². The molecule has 0 spiro atoms. The molecule has 1 aliphatic rings. The van der Waals surface area contributed by atoms with Gasteiger partial charge in [-0.25, -0.2) is 0 Å².